The third-order valence-electron chi connectivity index (χ3n) is 2.50. The molecule has 1 heterocycles. The second-order valence-electron chi connectivity index (χ2n) is 3.68. The van der Waals surface area contributed by atoms with Gasteiger partial charge in [-0.05, 0) is 31.5 Å². The second kappa shape index (κ2) is 4.81. The van der Waals surface area contributed by atoms with E-state index in [1.54, 1.807) is 6.07 Å². The predicted octanol–water partition coefficient (Wildman–Crippen LogP) is 2.61. The molecule has 0 saturated carbocycles. The van der Waals surface area contributed by atoms with Crippen molar-refractivity contribution in [2.45, 2.75) is 18.9 Å². The van der Waals surface area contributed by atoms with Gasteiger partial charge in [-0.15, -0.1) is 0 Å². The van der Waals surface area contributed by atoms with Crippen LogP contribution in [0, 0.1) is 5.82 Å². The highest BCUT2D eigenvalue weighted by Crippen LogP contribution is 2.21. The molecule has 0 radical (unpaired) electrons. The Morgan fingerprint density at radius 3 is 3.07 bits per heavy atom. The van der Waals surface area contributed by atoms with Crippen LogP contribution in [0.3, 0.4) is 0 Å². The van der Waals surface area contributed by atoms with Crippen molar-refractivity contribution >= 4 is 11.6 Å². The normalized spacial score (nSPS) is 20.5. The van der Waals surface area contributed by atoms with E-state index in [0.29, 0.717) is 18.4 Å². The first-order chi connectivity index (χ1) is 7.25. The zero-order valence-electron chi connectivity index (χ0n) is 8.30. The number of rotatable bonds is 3. The molecular weight excluding hydrogens is 217 g/mol. The molecule has 1 atom stereocenters. The molecule has 1 aromatic carbocycles. The van der Waals surface area contributed by atoms with Crippen LogP contribution in [0.25, 0.3) is 0 Å². The average Bonchev–Trinajstić information content (AvgIpc) is 2.73. The van der Waals surface area contributed by atoms with Gasteiger partial charge in [0, 0.05) is 12.1 Å². The fourth-order valence-electron chi connectivity index (χ4n) is 1.66. The molecule has 2 nitrogen and oxygen atoms in total. The SMILES string of the molecule is Fc1ccc(OCC2CCCN2)cc1Cl. The quantitative estimate of drug-likeness (QED) is 0.861. The van der Waals surface area contributed by atoms with Crippen molar-refractivity contribution in [3.05, 3.63) is 29.0 Å². The van der Waals surface area contributed by atoms with Gasteiger partial charge >= 0.3 is 0 Å². The maximum absolute atomic E-state index is 12.8. The van der Waals surface area contributed by atoms with Crippen LogP contribution in [0.4, 0.5) is 4.39 Å². The van der Waals surface area contributed by atoms with Crippen molar-refractivity contribution < 1.29 is 9.13 Å². The molecule has 1 N–H and O–H groups in total. The van der Waals surface area contributed by atoms with Crippen LogP contribution in [0.5, 0.6) is 5.75 Å². The fourth-order valence-corrected chi connectivity index (χ4v) is 1.83. The van der Waals surface area contributed by atoms with Gasteiger partial charge in [0.2, 0.25) is 0 Å². The molecule has 0 bridgehead atoms. The van der Waals surface area contributed by atoms with Crippen LogP contribution in [-0.2, 0) is 0 Å². The van der Waals surface area contributed by atoms with Gasteiger partial charge in [0.15, 0.2) is 0 Å². The summed E-state index contributed by atoms with van der Waals surface area (Å²) >= 11 is 5.64. The topological polar surface area (TPSA) is 21.3 Å². The van der Waals surface area contributed by atoms with E-state index in [9.17, 15) is 4.39 Å². The van der Waals surface area contributed by atoms with Crippen molar-refractivity contribution in [3.63, 3.8) is 0 Å². The van der Waals surface area contributed by atoms with Crippen molar-refractivity contribution in [2.75, 3.05) is 13.2 Å². The summed E-state index contributed by atoms with van der Waals surface area (Å²) in [4.78, 5) is 0. The van der Waals surface area contributed by atoms with E-state index in [-0.39, 0.29) is 5.02 Å². The second-order valence-corrected chi connectivity index (χ2v) is 4.09. The molecule has 1 aliphatic rings. The molecular formula is C11H13ClFNO. The summed E-state index contributed by atoms with van der Waals surface area (Å²) in [5.41, 5.74) is 0. The van der Waals surface area contributed by atoms with E-state index in [0.717, 1.165) is 13.0 Å². The number of nitrogens with one attached hydrogen (secondary N) is 1. The van der Waals surface area contributed by atoms with Gasteiger partial charge in [-0.1, -0.05) is 11.6 Å². The summed E-state index contributed by atoms with van der Waals surface area (Å²) in [5, 5.41) is 3.42. The monoisotopic (exact) mass is 229 g/mol. The maximum atomic E-state index is 12.8. The van der Waals surface area contributed by atoms with E-state index in [1.165, 1.54) is 18.6 Å². The molecule has 1 aliphatic heterocycles. The molecule has 0 aliphatic carbocycles. The Morgan fingerprint density at radius 1 is 1.53 bits per heavy atom. The Bertz CT molecular complexity index is 339. The third-order valence-corrected chi connectivity index (χ3v) is 2.79. The summed E-state index contributed by atoms with van der Waals surface area (Å²) < 4.78 is 18.4. The van der Waals surface area contributed by atoms with Crippen molar-refractivity contribution in [1.82, 2.24) is 5.32 Å². The van der Waals surface area contributed by atoms with Crippen LogP contribution in [0.1, 0.15) is 12.8 Å². The molecule has 0 aromatic heterocycles. The first-order valence-electron chi connectivity index (χ1n) is 5.07. The molecule has 1 aromatic rings. The molecule has 1 saturated heterocycles. The smallest absolute Gasteiger partial charge is 0.142 e. The highest BCUT2D eigenvalue weighted by Gasteiger charge is 2.14. The lowest BCUT2D eigenvalue weighted by molar-refractivity contribution is 0.277. The van der Waals surface area contributed by atoms with E-state index >= 15 is 0 Å². The first kappa shape index (κ1) is 10.7. The van der Waals surface area contributed by atoms with Gasteiger partial charge in [-0.25, -0.2) is 4.39 Å². The zero-order valence-corrected chi connectivity index (χ0v) is 9.06. The lowest BCUT2D eigenvalue weighted by Crippen LogP contribution is -2.28. The molecule has 15 heavy (non-hydrogen) atoms. The van der Waals surface area contributed by atoms with Crippen LogP contribution in [0.2, 0.25) is 5.02 Å². The average molecular weight is 230 g/mol. The Kier molecular flexibility index (Phi) is 3.44. The molecule has 1 fully saturated rings. The maximum Gasteiger partial charge on any atom is 0.142 e. The highest BCUT2D eigenvalue weighted by atomic mass is 35.5. The number of hydrogen-bond donors (Lipinski definition) is 1. The molecule has 82 valence electrons. The Balaban J connectivity index is 1.90. The summed E-state index contributed by atoms with van der Waals surface area (Å²) in [6, 6.07) is 4.83. The molecule has 2 rings (SSSR count). The van der Waals surface area contributed by atoms with Gasteiger partial charge in [0.05, 0.1) is 5.02 Å². The van der Waals surface area contributed by atoms with Gasteiger partial charge in [-0.2, -0.15) is 0 Å². The highest BCUT2D eigenvalue weighted by molar-refractivity contribution is 6.30. The zero-order chi connectivity index (χ0) is 10.7. The minimum atomic E-state index is -0.414. The molecule has 1 unspecified atom stereocenters. The minimum Gasteiger partial charge on any atom is -0.492 e. The van der Waals surface area contributed by atoms with Gasteiger partial charge < -0.3 is 10.1 Å². The van der Waals surface area contributed by atoms with Gasteiger partial charge in [0.25, 0.3) is 0 Å². The summed E-state index contributed by atoms with van der Waals surface area (Å²) in [5.74, 6) is 0.207. The molecule has 4 heteroatoms. The Morgan fingerprint density at radius 2 is 2.40 bits per heavy atom. The fraction of sp³-hybridized carbons (Fsp3) is 0.455. The lowest BCUT2D eigenvalue weighted by Gasteiger charge is -2.12. The largest absolute Gasteiger partial charge is 0.492 e. The lowest BCUT2D eigenvalue weighted by atomic mass is 10.2. The summed E-state index contributed by atoms with van der Waals surface area (Å²) in [7, 11) is 0. The number of ether oxygens (including phenoxy) is 1. The summed E-state index contributed by atoms with van der Waals surface area (Å²) in [6.07, 6.45) is 2.33. The number of halogens is 2. The predicted molar refractivity (Wildman–Crippen MR) is 57.9 cm³/mol. The number of benzene rings is 1. The summed E-state index contributed by atoms with van der Waals surface area (Å²) in [6.45, 7) is 1.67. The van der Waals surface area contributed by atoms with Crippen molar-refractivity contribution in [3.8, 4) is 5.75 Å². The standard InChI is InChI=1S/C11H13ClFNO/c12-10-6-9(3-4-11(10)13)15-7-8-2-1-5-14-8/h3-4,6,8,14H,1-2,5,7H2. The molecule has 0 amide bonds. The van der Waals surface area contributed by atoms with E-state index in [1.807, 2.05) is 0 Å². The Labute approximate surface area is 93.4 Å². The molecule has 0 spiro atoms. The Hall–Kier alpha value is -0.800. The van der Waals surface area contributed by atoms with Crippen molar-refractivity contribution in [2.24, 2.45) is 0 Å². The van der Waals surface area contributed by atoms with E-state index in [2.05, 4.69) is 5.32 Å². The third kappa shape index (κ3) is 2.83. The van der Waals surface area contributed by atoms with Crippen molar-refractivity contribution in [1.29, 1.82) is 0 Å². The van der Waals surface area contributed by atoms with Gasteiger partial charge in [0.1, 0.15) is 18.2 Å². The van der Waals surface area contributed by atoms with Crippen LogP contribution < -0.4 is 10.1 Å². The van der Waals surface area contributed by atoms with E-state index < -0.39 is 5.82 Å². The van der Waals surface area contributed by atoms with Crippen LogP contribution in [-0.4, -0.2) is 19.2 Å². The van der Waals surface area contributed by atoms with Crippen LogP contribution >= 0.6 is 11.6 Å². The van der Waals surface area contributed by atoms with Crippen LogP contribution in [0.15, 0.2) is 18.2 Å². The van der Waals surface area contributed by atoms with Gasteiger partial charge in [-0.3, -0.25) is 0 Å². The number of hydrogen-bond acceptors (Lipinski definition) is 2. The van der Waals surface area contributed by atoms with E-state index in [4.69, 9.17) is 16.3 Å². The first-order valence-corrected chi connectivity index (χ1v) is 5.45. The minimum absolute atomic E-state index is 0.104.